The van der Waals surface area contributed by atoms with Gasteiger partial charge in [-0.1, -0.05) is 18.2 Å². The Hall–Kier alpha value is -3.42. The zero-order chi connectivity index (χ0) is 22.7. The van der Waals surface area contributed by atoms with E-state index in [1.54, 1.807) is 24.3 Å². The number of nitrogens with two attached hydrogens (primary N) is 1. The Balaban J connectivity index is 1.67. The normalized spacial score (nSPS) is 15.5. The topological polar surface area (TPSA) is 134 Å². The number of piperidine rings is 1. The molecule has 1 aliphatic rings. The third-order valence-corrected chi connectivity index (χ3v) is 7.40. The van der Waals surface area contributed by atoms with Crippen LogP contribution in [0.2, 0.25) is 0 Å². The molecule has 0 aliphatic carbocycles. The number of nitrogens with zero attached hydrogens (tertiary/aromatic N) is 4. The minimum atomic E-state index is -3.84. The summed E-state index contributed by atoms with van der Waals surface area (Å²) in [5.74, 6) is -0.632. The molecule has 9 nitrogen and oxygen atoms in total. The molecule has 0 bridgehead atoms. The molecule has 1 amide bonds. The maximum atomic E-state index is 13.1. The van der Waals surface area contributed by atoms with E-state index >= 15 is 0 Å². The number of fused-ring (bicyclic) bond motifs is 1. The fourth-order valence-electron chi connectivity index (χ4n) is 4.02. The number of carbonyl (C=O) groups is 1. The SMILES string of the molecule is N#CCCN1CCC(Nc2c(C(N)=O)cnc3c2ccn3S(=O)(=O)c2ccccc2)CC1. The zero-order valence-electron chi connectivity index (χ0n) is 17.4. The fraction of sp³-hybridized carbons (Fsp3) is 0.318. The summed E-state index contributed by atoms with van der Waals surface area (Å²) in [5, 5.41) is 12.7. The number of anilines is 1. The zero-order valence-corrected chi connectivity index (χ0v) is 18.3. The van der Waals surface area contributed by atoms with Crippen molar-refractivity contribution in [3.8, 4) is 6.07 Å². The van der Waals surface area contributed by atoms with E-state index in [9.17, 15) is 13.2 Å². The van der Waals surface area contributed by atoms with Crippen molar-refractivity contribution < 1.29 is 13.2 Å². The van der Waals surface area contributed by atoms with Crippen LogP contribution >= 0.6 is 0 Å². The molecule has 1 aliphatic heterocycles. The quantitative estimate of drug-likeness (QED) is 0.561. The Kier molecular flexibility index (Phi) is 6.12. The molecule has 32 heavy (non-hydrogen) atoms. The summed E-state index contributed by atoms with van der Waals surface area (Å²) in [6, 6.07) is 12.0. The van der Waals surface area contributed by atoms with Gasteiger partial charge in [-0.2, -0.15) is 5.26 Å². The maximum Gasteiger partial charge on any atom is 0.269 e. The molecular formula is C22H24N6O3S. The number of nitriles is 1. The number of benzene rings is 1. The lowest BCUT2D eigenvalue weighted by molar-refractivity contribution is 0.100. The predicted octanol–water partition coefficient (Wildman–Crippen LogP) is 2.16. The molecule has 0 radical (unpaired) electrons. The van der Waals surface area contributed by atoms with E-state index in [1.165, 1.54) is 24.5 Å². The van der Waals surface area contributed by atoms with Crippen LogP contribution in [0.4, 0.5) is 5.69 Å². The number of primary amides is 1. The summed E-state index contributed by atoms with van der Waals surface area (Å²) in [6.45, 7) is 2.42. The van der Waals surface area contributed by atoms with Crippen molar-refractivity contribution in [2.24, 2.45) is 5.73 Å². The lowest BCUT2D eigenvalue weighted by Gasteiger charge is -2.32. The van der Waals surface area contributed by atoms with Gasteiger partial charge in [0.2, 0.25) is 0 Å². The van der Waals surface area contributed by atoms with Crippen LogP contribution in [0.1, 0.15) is 29.6 Å². The number of rotatable bonds is 7. The first-order valence-electron chi connectivity index (χ1n) is 10.4. The van der Waals surface area contributed by atoms with Gasteiger partial charge in [-0.15, -0.1) is 0 Å². The van der Waals surface area contributed by atoms with Crippen molar-refractivity contribution in [3.63, 3.8) is 0 Å². The average molecular weight is 453 g/mol. The monoisotopic (exact) mass is 452 g/mol. The molecule has 3 aromatic rings. The highest BCUT2D eigenvalue weighted by Crippen LogP contribution is 2.31. The Morgan fingerprint density at radius 2 is 1.94 bits per heavy atom. The van der Waals surface area contributed by atoms with E-state index in [4.69, 9.17) is 11.0 Å². The molecule has 4 rings (SSSR count). The number of likely N-dealkylation sites (tertiary alicyclic amines) is 1. The summed E-state index contributed by atoms with van der Waals surface area (Å²) < 4.78 is 27.4. The van der Waals surface area contributed by atoms with E-state index in [1.807, 2.05) is 0 Å². The summed E-state index contributed by atoms with van der Waals surface area (Å²) in [7, 11) is -3.84. The van der Waals surface area contributed by atoms with Gasteiger partial charge in [-0.05, 0) is 31.0 Å². The van der Waals surface area contributed by atoms with Gasteiger partial charge in [0.25, 0.3) is 15.9 Å². The molecule has 0 atom stereocenters. The molecule has 2 aromatic heterocycles. The van der Waals surface area contributed by atoms with Gasteiger partial charge in [0.15, 0.2) is 5.65 Å². The van der Waals surface area contributed by atoms with E-state index in [0.717, 1.165) is 36.4 Å². The van der Waals surface area contributed by atoms with Gasteiger partial charge < -0.3 is 16.0 Å². The van der Waals surface area contributed by atoms with Gasteiger partial charge >= 0.3 is 0 Å². The van der Waals surface area contributed by atoms with Gasteiger partial charge in [0, 0.05) is 49.9 Å². The highest BCUT2D eigenvalue weighted by Gasteiger charge is 2.25. The molecule has 0 unspecified atom stereocenters. The van der Waals surface area contributed by atoms with Crippen molar-refractivity contribution in [1.29, 1.82) is 5.26 Å². The molecule has 0 spiro atoms. The molecule has 1 aromatic carbocycles. The number of hydrogen-bond acceptors (Lipinski definition) is 7. The van der Waals surface area contributed by atoms with Crippen LogP contribution in [0.5, 0.6) is 0 Å². The molecule has 3 heterocycles. The summed E-state index contributed by atoms with van der Waals surface area (Å²) >= 11 is 0. The van der Waals surface area contributed by atoms with Crippen LogP contribution in [-0.2, 0) is 10.0 Å². The summed E-state index contributed by atoms with van der Waals surface area (Å²) in [5.41, 5.74) is 6.54. The Morgan fingerprint density at radius 1 is 1.22 bits per heavy atom. The fourth-order valence-corrected chi connectivity index (χ4v) is 5.34. The molecule has 10 heteroatoms. The van der Waals surface area contributed by atoms with Crippen molar-refractivity contribution in [2.75, 3.05) is 25.0 Å². The Bertz CT molecular complexity index is 1270. The molecular weight excluding hydrogens is 428 g/mol. The maximum absolute atomic E-state index is 13.1. The van der Waals surface area contributed by atoms with E-state index < -0.39 is 15.9 Å². The highest BCUT2D eigenvalue weighted by molar-refractivity contribution is 7.90. The van der Waals surface area contributed by atoms with Crippen molar-refractivity contribution in [2.45, 2.75) is 30.2 Å². The third-order valence-electron chi connectivity index (χ3n) is 5.72. The molecule has 1 saturated heterocycles. The number of aromatic nitrogens is 2. The second-order valence-corrected chi connectivity index (χ2v) is 9.56. The third kappa shape index (κ3) is 4.17. The number of amides is 1. The van der Waals surface area contributed by atoms with Crippen LogP contribution in [0.3, 0.4) is 0 Å². The van der Waals surface area contributed by atoms with Crippen molar-refractivity contribution in [1.82, 2.24) is 13.9 Å². The molecule has 166 valence electrons. The van der Waals surface area contributed by atoms with Crippen LogP contribution in [0.25, 0.3) is 11.0 Å². The summed E-state index contributed by atoms with van der Waals surface area (Å²) in [4.78, 5) is 18.7. The first-order valence-corrected chi connectivity index (χ1v) is 11.8. The first kappa shape index (κ1) is 21.8. The second-order valence-electron chi connectivity index (χ2n) is 7.75. The lowest BCUT2D eigenvalue weighted by atomic mass is 10.0. The minimum Gasteiger partial charge on any atom is -0.381 e. The van der Waals surface area contributed by atoms with Gasteiger partial charge in [0.1, 0.15) is 0 Å². The largest absolute Gasteiger partial charge is 0.381 e. The standard InChI is InChI=1S/C22H24N6O3S/c23-10-4-11-27-12-7-16(8-13-27)26-20-18-9-14-28(22(18)25-15-19(20)21(24)29)32(30,31)17-5-2-1-3-6-17/h1-3,5-6,9,14-16H,4,7-8,11-13H2,(H2,24,29)(H,25,26). The van der Waals surface area contributed by atoms with Crippen LogP contribution < -0.4 is 11.1 Å². The Morgan fingerprint density at radius 3 is 2.59 bits per heavy atom. The number of carbonyl (C=O) groups excluding carboxylic acids is 1. The number of pyridine rings is 1. The summed E-state index contributed by atoms with van der Waals surface area (Å²) in [6.07, 6.45) is 4.93. The van der Waals surface area contributed by atoms with Crippen LogP contribution in [-0.4, -0.2) is 53.9 Å². The van der Waals surface area contributed by atoms with E-state index in [0.29, 0.717) is 17.5 Å². The van der Waals surface area contributed by atoms with Gasteiger partial charge in [-0.25, -0.2) is 17.4 Å². The second kappa shape index (κ2) is 8.98. The van der Waals surface area contributed by atoms with E-state index in [2.05, 4.69) is 21.3 Å². The van der Waals surface area contributed by atoms with Crippen LogP contribution in [0, 0.1) is 11.3 Å². The van der Waals surface area contributed by atoms with Crippen molar-refractivity contribution in [3.05, 3.63) is 54.4 Å². The van der Waals surface area contributed by atoms with Gasteiger partial charge in [-0.3, -0.25) is 4.79 Å². The van der Waals surface area contributed by atoms with Gasteiger partial charge in [0.05, 0.1) is 22.2 Å². The van der Waals surface area contributed by atoms with E-state index in [-0.39, 0.29) is 22.1 Å². The lowest BCUT2D eigenvalue weighted by Crippen LogP contribution is -2.39. The smallest absolute Gasteiger partial charge is 0.269 e. The minimum absolute atomic E-state index is 0.0890. The molecule has 1 fully saturated rings. The van der Waals surface area contributed by atoms with Crippen molar-refractivity contribution >= 4 is 32.7 Å². The number of hydrogen-bond donors (Lipinski definition) is 2. The predicted molar refractivity (Wildman–Crippen MR) is 121 cm³/mol. The molecule has 0 saturated carbocycles. The van der Waals surface area contributed by atoms with Crippen LogP contribution in [0.15, 0.2) is 53.7 Å². The highest BCUT2D eigenvalue weighted by atomic mass is 32.2. The average Bonchev–Trinajstić information content (AvgIpc) is 3.25. The number of nitrogens with one attached hydrogen (secondary N) is 1. The first-order chi connectivity index (χ1) is 15.4. The Labute approximate surface area is 186 Å². The molecule has 3 N–H and O–H groups in total.